The second-order valence-corrected chi connectivity index (χ2v) is 5.70. The molecule has 0 aromatic heterocycles. The van der Waals surface area contributed by atoms with Crippen LogP contribution in [0.2, 0.25) is 0 Å². The van der Waals surface area contributed by atoms with E-state index in [1.807, 2.05) is 24.3 Å². The number of aliphatic hydroxyl groups is 2. The lowest BCUT2D eigenvalue weighted by molar-refractivity contribution is -0.153. The van der Waals surface area contributed by atoms with Crippen molar-refractivity contribution in [1.82, 2.24) is 4.90 Å². The van der Waals surface area contributed by atoms with Crippen molar-refractivity contribution in [2.45, 2.75) is 37.4 Å². The van der Waals surface area contributed by atoms with Gasteiger partial charge in [-0.05, 0) is 24.0 Å². The Morgan fingerprint density at radius 2 is 1.89 bits per heavy atom. The van der Waals surface area contributed by atoms with E-state index in [4.69, 9.17) is 0 Å². The number of β-amino-alcohol motifs (C(OH)–C–C–N with tert-alkyl or cyclic N) is 1. The zero-order valence-corrected chi connectivity index (χ0v) is 10.9. The highest BCUT2D eigenvalue weighted by Gasteiger charge is 2.44. The maximum atomic E-state index is 12.5. The number of carbonyl (C=O) groups is 1. The lowest BCUT2D eigenvalue weighted by Gasteiger charge is -2.35. The number of hydrogen-bond acceptors (Lipinski definition) is 3. The number of piperidine rings is 1. The van der Waals surface area contributed by atoms with E-state index in [9.17, 15) is 15.0 Å². The molecular weight excluding hydrogens is 242 g/mol. The molecule has 1 fully saturated rings. The van der Waals surface area contributed by atoms with Gasteiger partial charge in [0.2, 0.25) is 0 Å². The van der Waals surface area contributed by atoms with Gasteiger partial charge in [0, 0.05) is 25.9 Å². The number of nitrogens with zero attached hydrogens (tertiary/aromatic N) is 1. The third-order valence-corrected chi connectivity index (χ3v) is 4.17. The molecule has 0 unspecified atom stereocenters. The van der Waals surface area contributed by atoms with Gasteiger partial charge in [-0.3, -0.25) is 4.79 Å². The average molecular weight is 261 g/mol. The highest BCUT2D eigenvalue weighted by molar-refractivity contribution is 5.87. The molecular formula is C15H19NO3. The monoisotopic (exact) mass is 261 g/mol. The summed E-state index contributed by atoms with van der Waals surface area (Å²) in [4.78, 5) is 14.1. The number of fused-ring (bicyclic) bond motifs is 1. The summed E-state index contributed by atoms with van der Waals surface area (Å²) in [5.74, 6) is -0.234. The molecule has 19 heavy (non-hydrogen) atoms. The van der Waals surface area contributed by atoms with E-state index in [0.717, 1.165) is 24.0 Å². The molecule has 1 aliphatic carbocycles. The number of hydrogen-bond donors (Lipinski definition) is 2. The third-order valence-electron chi connectivity index (χ3n) is 4.17. The summed E-state index contributed by atoms with van der Waals surface area (Å²) in [6.07, 6.45) is 1.85. The Morgan fingerprint density at radius 1 is 1.26 bits per heavy atom. The summed E-state index contributed by atoms with van der Waals surface area (Å²) in [7, 11) is 0. The zero-order chi connectivity index (χ0) is 13.5. The molecule has 0 spiro atoms. The van der Waals surface area contributed by atoms with Gasteiger partial charge in [0.05, 0.1) is 6.10 Å². The van der Waals surface area contributed by atoms with Gasteiger partial charge in [-0.25, -0.2) is 0 Å². The van der Waals surface area contributed by atoms with E-state index in [2.05, 4.69) is 0 Å². The van der Waals surface area contributed by atoms with Crippen molar-refractivity contribution in [3.63, 3.8) is 0 Å². The molecule has 0 bridgehead atoms. The van der Waals surface area contributed by atoms with E-state index in [1.54, 1.807) is 4.90 Å². The van der Waals surface area contributed by atoms with Crippen LogP contribution in [-0.2, 0) is 17.6 Å². The van der Waals surface area contributed by atoms with Crippen LogP contribution >= 0.6 is 0 Å². The smallest absolute Gasteiger partial charge is 0.255 e. The minimum absolute atomic E-state index is 0.234. The summed E-state index contributed by atoms with van der Waals surface area (Å²) in [6.45, 7) is 0.978. The van der Waals surface area contributed by atoms with Crippen molar-refractivity contribution in [2.75, 3.05) is 13.1 Å². The Labute approximate surface area is 112 Å². The van der Waals surface area contributed by atoms with Crippen molar-refractivity contribution < 1.29 is 15.0 Å². The fourth-order valence-electron chi connectivity index (χ4n) is 3.18. The van der Waals surface area contributed by atoms with E-state index in [-0.39, 0.29) is 5.91 Å². The van der Waals surface area contributed by atoms with Gasteiger partial charge in [-0.1, -0.05) is 24.3 Å². The van der Waals surface area contributed by atoms with Crippen LogP contribution in [0.1, 0.15) is 24.0 Å². The van der Waals surface area contributed by atoms with Crippen LogP contribution < -0.4 is 0 Å². The quantitative estimate of drug-likeness (QED) is 0.774. The summed E-state index contributed by atoms with van der Waals surface area (Å²) in [5, 5.41) is 20.3. The maximum absolute atomic E-state index is 12.5. The number of carbonyl (C=O) groups excluding carboxylic acids is 1. The Hall–Kier alpha value is -1.39. The molecule has 0 radical (unpaired) electrons. The second kappa shape index (κ2) is 4.62. The molecule has 1 saturated heterocycles. The first-order valence-corrected chi connectivity index (χ1v) is 6.85. The minimum Gasteiger partial charge on any atom is -0.391 e. The molecule has 0 saturated carbocycles. The van der Waals surface area contributed by atoms with Crippen molar-refractivity contribution in [3.05, 3.63) is 35.4 Å². The molecule has 4 nitrogen and oxygen atoms in total. The lowest BCUT2D eigenvalue weighted by atomic mass is 9.96. The van der Waals surface area contributed by atoms with Crippen LogP contribution in [0.5, 0.6) is 0 Å². The average Bonchev–Trinajstić information content (AvgIpc) is 2.75. The molecule has 1 aliphatic heterocycles. The maximum Gasteiger partial charge on any atom is 0.255 e. The molecule has 1 amide bonds. The molecule has 1 aromatic carbocycles. The fraction of sp³-hybridized carbons (Fsp3) is 0.533. The van der Waals surface area contributed by atoms with Gasteiger partial charge in [0.1, 0.15) is 0 Å². The Kier molecular flexibility index (Phi) is 3.07. The van der Waals surface area contributed by atoms with Gasteiger partial charge in [-0.15, -0.1) is 0 Å². The molecule has 2 aliphatic rings. The Morgan fingerprint density at radius 3 is 2.47 bits per heavy atom. The molecule has 3 rings (SSSR count). The third kappa shape index (κ3) is 2.26. The molecule has 4 heteroatoms. The first kappa shape index (κ1) is 12.6. The highest BCUT2D eigenvalue weighted by atomic mass is 16.3. The van der Waals surface area contributed by atoms with Crippen LogP contribution in [-0.4, -0.2) is 45.8 Å². The number of aliphatic hydroxyl groups excluding tert-OH is 1. The largest absolute Gasteiger partial charge is 0.391 e. The van der Waals surface area contributed by atoms with Crippen LogP contribution in [0.25, 0.3) is 0 Å². The highest BCUT2D eigenvalue weighted by Crippen LogP contribution is 2.32. The fourth-order valence-corrected chi connectivity index (χ4v) is 3.18. The number of rotatable bonds is 1. The Balaban J connectivity index is 1.77. The van der Waals surface area contributed by atoms with Gasteiger partial charge < -0.3 is 15.1 Å². The van der Waals surface area contributed by atoms with Crippen LogP contribution in [0, 0.1) is 0 Å². The first-order chi connectivity index (χ1) is 9.08. The lowest BCUT2D eigenvalue weighted by Crippen LogP contribution is -2.53. The summed E-state index contributed by atoms with van der Waals surface area (Å²) in [6, 6.07) is 7.79. The van der Waals surface area contributed by atoms with Crippen molar-refractivity contribution in [1.29, 1.82) is 0 Å². The Bertz CT molecular complexity index is 475. The van der Waals surface area contributed by atoms with E-state index in [0.29, 0.717) is 25.9 Å². The SMILES string of the molecule is O=C(N1CCC[C@@H](O)C1)C1(O)Cc2ccccc2C1. The normalized spacial score (nSPS) is 25.2. The van der Waals surface area contributed by atoms with Crippen molar-refractivity contribution in [2.24, 2.45) is 0 Å². The zero-order valence-electron chi connectivity index (χ0n) is 10.9. The topological polar surface area (TPSA) is 60.8 Å². The first-order valence-electron chi connectivity index (χ1n) is 6.85. The minimum atomic E-state index is -1.32. The molecule has 1 atom stereocenters. The van der Waals surface area contributed by atoms with Gasteiger partial charge in [0.15, 0.2) is 5.60 Å². The van der Waals surface area contributed by atoms with Crippen molar-refractivity contribution >= 4 is 5.91 Å². The van der Waals surface area contributed by atoms with Crippen LogP contribution in [0.4, 0.5) is 0 Å². The summed E-state index contributed by atoms with van der Waals surface area (Å²) >= 11 is 0. The number of amides is 1. The van der Waals surface area contributed by atoms with Crippen LogP contribution in [0.3, 0.4) is 0 Å². The van der Waals surface area contributed by atoms with Crippen LogP contribution in [0.15, 0.2) is 24.3 Å². The van der Waals surface area contributed by atoms with Gasteiger partial charge in [-0.2, -0.15) is 0 Å². The second-order valence-electron chi connectivity index (χ2n) is 5.70. The summed E-state index contributed by atoms with van der Waals surface area (Å²) < 4.78 is 0. The van der Waals surface area contributed by atoms with Crippen molar-refractivity contribution in [3.8, 4) is 0 Å². The van der Waals surface area contributed by atoms with E-state index in [1.165, 1.54) is 0 Å². The standard InChI is InChI=1S/C15H19NO3/c17-13-6-3-7-16(10-13)14(18)15(19)8-11-4-1-2-5-12(11)9-15/h1-2,4-5,13,17,19H,3,6-10H2/t13-/m1/s1. The molecule has 102 valence electrons. The number of likely N-dealkylation sites (tertiary alicyclic amines) is 1. The van der Waals surface area contributed by atoms with Gasteiger partial charge >= 0.3 is 0 Å². The van der Waals surface area contributed by atoms with E-state index < -0.39 is 11.7 Å². The molecule has 1 heterocycles. The summed E-state index contributed by atoms with van der Waals surface area (Å²) in [5.41, 5.74) is 0.785. The van der Waals surface area contributed by atoms with Gasteiger partial charge in [0.25, 0.3) is 5.91 Å². The molecule has 1 aromatic rings. The predicted molar refractivity (Wildman–Crippen MR) is 70.6 cm³/mol. The predicted octanol–water partition coefficient (Wildman–Crippen LogP) is 0.500. The molecule has 2 N–H and O–H groups in total. The number of benzene rings is 1. The van der Waals surface area contributed by atoms with E-state index >= 15 is 0 Å².